The quantitative estimate of drug-likeness (QED) is 0.780. The van der Waals surface area contributed by atoms with Gasteiger partial charge >= 0.3 is 0 Å². The highest BCUT2D eigenvalue weighted by molar-refractivity contribution is 6.35. The first-order valence-corrected chi connectivity index (χ1v) is 4.18. The van der Waals surface area contributed by atoms with Crippen LogP contribution in [0.15, 0.2) is 12.1 Å². The SMILES string of the molecule is OCCc1cc(Cl)cc(Cl)c1O. The number of hydrogen-bond acceptors (Lipinski definition) is 2. The summed E-state index contributed by atoms with van der Waals surface area (Å²) in [6.45, 7) is -0.0375. The number of benzene rings is 1. The van der Waals surface area contributed by atoms with Gasteiger partial charge in [0, 0.05) is 11.6 Å². The first-order chi connectivity index (χ1) is 5.65. The summed E-state index contributed by atoms with van der Waals surface area (Å²) >= 11 is 11.3. The van der Waals surface area contributed by atoms with Crippen molar-refractivity contribution in [1.82, 2.24) is 0 Å². The second-order valence-electron chi connectivity index (χ2n) is 2.37. The van der Waals surface area contributed by atoms with Gasteiger partial charge in [-0.2, -0.15) is 0 Å². The zero-order chi connectivity index (χ0) is 9.14. The molecule has 2 nitrogen and oxygen atoms in total. The fraction of sp³-hybridized carbons (Fsp3) is 0.250. The predicted octanol–water partition coefficient (Wildman–Crippen LogP) is 2.23. The highest BCUT2D eigenvalue weighted by Crippen LogP contribution is 2.31. The molecule has 1 aromatic carbocycles. The summed E-state index contributed by atoms with van der Waals surface area (Å²) in [5.74, 6) is -0.00452. The van der Waals surface area contributed by atoms with Crippen LogP contribution < -0.4 is 0 Å². The molecule has 1 rings (SSSR count). The van der Waals surface area contributed by atoms with Crippen molar-refractivity contribution in [1.29, 1.82) is 0 Å². The molecular weight excluding hydrogens is 199 g/mol. The van der Waals surface area contributed by atoms with Gasteiger partial charge in [-0.15, -0.1) is 0 Å². The third-order valence-corrected chi connectivity index (χ3v) is 1.99. The van der Waals surface area contributed by atoms with E-state index in [0.717, 1.165) is 0 Å². The smallest absolute Gasteiger partial charge is 0.137 e. The Balaban J connectivity index is 3.09. The van der Waals surface area contributed by atoms with Crippen molar-refractivity contribution in [2.45, 2.75) is 6.42 Å². The molecule has 0 heterocycles. The van der Waals surface area contributed by atoms with Gasteiger partial charge in [-0.05, 0) is 24.1 Å². The molecule has 2 N–H and O–H groups in total. The summed E-state index contributed by atoms with van der Waals surface area (Å²) in [5.41, 5.74) is 0.565. The standard InChI is InChI=1S/C8H8Cl2O2/c9-6-3-5(1-2-11)8(12)7(10)4-6/h3-4,11-12H,1-2H2. The largest absolute Gasteiger partial charge is 0.506 e. The zero-order valence-electron chi connectivity index (χ0n) is 6.22. The number of aliphatic hydroxyl groups is 1. The van der Waals surface area contributed by atoms with E-state index in [1.165, 1.54) is 6.07 Å². The maximum absolute atomic E-state index is 9.35. The van der Waals surface area contributed by atoms with Gasteiger partial charge in [0.15, 0.2) is 0 Å². The summed E-state index contributed by atoms with van der Waals surface area (Å²) in [6, 6.07) is 3.04. The van der Waals surface area contributed by atoms with Gasteiger partial charge in [-0.1, -0.05) is 23.2 Å². The Labute approximate surface area is 80.4 Å². The summed E-state index contributed by atoms with van der Waals surface area (Å²) in [4.78, 5) is 0. The van der Waals surface area contributed by atoms with E-state index in [9.17, 15) is 5.11 Å². The lowest BCUT2D eigenvalue weighted by Gasteiger charge is -2.04. The predicted molar refractivity (Wildman–Crippen MR) is 48.9 cm³/mol. The van der Waals surface area contributed by atoms with Gasteiger partial charge in [-0.25, -0.2) is 0 Å². The molecule has 66 valence electrons. The van der Waals surface area contributed by atoms with E-state index in [2.05, 4.69) is 0 Å². The molecule has 0 amide bonds. The van der Waals surface area contributed by atoms with E-state index in [4.69, 9.17) is 28.3 Å². The van der Waals surface area contributed by atoms with Crippen LogP contribution in [0.5, 0.6) is 5.75 Å². The van der Waals surface area contributed by atoms with Crippen LogP contribution in [-0.4, -0.2) is 16.8 Å². The van der Waals surface area contributed by atoms with Crippen LogP contribution in [0.4, 0.5) is 0 Å². The van der Waals surface area contributed by atoms with Gasteiger partial charge < -0.3 is 10.2 Å². The van der Waals surface area contributed by atoms with Crippen LogP contribution in [0.3, 0.4) is 0 Å². The Morgan fingerprint density at radius 1 is 1.25 bits per heavy atom. The number of aromatic hydroxyl groups is 1. The van der Waals surface area contributed by atoms with Crippen molar-refractivity contribution < 1.29 is 10.2 Å². The minimum atomic E-state index is -0.0375. The first-order valence-electron chi connectivity index (χ1n) is 3.43. The highest BCUT2D eigenvalue weighted by atomic mass is 35.5. The third kappa shape index (κ3) is 2.03. The Morgan fingerprint density at radius 3 is 2.50 bits per heavy atom. The molecule has 0 aliphatic carbocycles. The van der Waals surface area contributed by atoms with Crippen molar-refractivity contribution in [3.63, 3.8) is 0 Å². The fourth-order valence-electron chi connectivity index (χ4n) is 0.930. The molecule has 0 saturated heterocycles. The molecule has 0 saturated carbocycles. The van der Waals surface area contributed by atoms with E-state index < -0.39 is 0 Å². The van der Waals surface area contributed by atoms with Crippen LogP contribution in [0.1, 0.15) is 5.56 Å². The molecule has 0 aromatic heterocycles. The van der Waals surface area contributed by atoms with Crippen molar-refractivity contribution in [3.8, 4) is 5.75 Å². The van der Waals surface area contributed by atoms with Crippen molar-refractivity contribution in [3.05, 3.63) is 27.7 Å². The minimum Gasteiger partial charge on any atom is -0.506 e. The van der Waals surface area contributed by atoms with Gasteiger partial charge in [0.05, 0.1) is 5.02 Å². The Bertz CT molecular complexity index is 287. The maximum atomic E-state index is 9.35. The summed E-state index contributed by atoms with van der Waals surface area (Å²) < 4.78 is 0. The molecule has 0 atom stereocenters. The van der Waals surface area contributed by atoms with E-state index in [0.29, 0.717) is 17.0 Å². The van der Waals surface area contributed by atoms with Gasteiger partial charge in [-0.3, -0.25) is 0 Å². The lowest BCUT2D eigenvalue weighted by atomic mass is 10.1. The molecule has 0 radical (unpaired) electrons. The van der Waals surface area contributed by atoms with E-state index in [1.807, 2.05) is 0 Å². The molecular formula is C8H8Cl2O2. The number of phenolic OH excluding ortho intramolecular Hbond substituents is 1. The van der Waals surface area contributed by atoms with Gasteiger partial charge in [0.25, 0.3) is 0 Å². The number of aliphatic hydroxyl groups excluding tert-OH is 1. The molecule has 4 heteroatoms. The summed E-state index contributed by atoms with van der Waals surface area (Å²) in [7, 11) is 0. The first kappa shape index (κ1) is 9.65. The van der Waals surface area contributed by atoms with E-state index >= 15 is 0 Å². The van der Waals surface area contributed by atoms with Gasteiger partial charge in [0.2, 0.25) is 0 Å². The van der Waals surface area contributed by atoms with Crippen LogP contribution in [-0.2, 0) is 6.42 Å². The molecule has 0 unspecified atom stereocenters. The van der Waals surface area contributed by atoms with E-state index in [-0.39, 0.29) is 17.4 Å². The van der Waals surface area contributed by atoms with Crippen molar-refractivity contribution in [2.75, 3.05) is 6.61 Å². The molecule has 0 spiro atoms. The normalized spacial score (nSPS) is 10.2. The van der Waals surface area contributed by atoms with Crippen LogP contribution in [0, 0.1) is 0 Å². The van der Waals surface area contributed by atoms with Gasteiger partial charge in [0.1, 0.15) is 5.75 Å². The molecule has 12 heavy (non-hydrogen) atoms. The number of phenols is 1. The Morgan fingerprint density at radius 2 is 1.92 bits per heavy atom. The number of halogens is 2. The van der Waals surface area contributed by atoms with E-state index in [1.54, 1.807) is 6.07 Å². The Hall–Kier alpha value is -0.440. The zero-order valence-corrected chi connectivity index (χ0v) is 7.73. The van der Waals surface area contributed by atoms with Crippen LogP contribution in [0.2, 0.25) is 10.0 Å². The topological polar surface area (TPSA) is 40.5 Å². The Kier molecular flexibility index (Phi) is 3.20. The maximum Gasteiger partial charge on any atom is 0.137 e. The van der Waals surface area contributed by atoms with Crippen LogP contribution >= 0.6 is 23.2 Å². The van der Waals surface area contributed by atoms with Crippen molar-refractivity contribution in [2.24, 2.45) is 0 Å². The average molecular weight is 207 g/mol. The fourth-order valence-corrected chi connectivity index (χ4v) is 1.47. The average Bonchev–Trinajstić information content (AvgIpc) is 2.00. The molecule has 1 aromatic rings. The molecule has 0 aliphatic heterocycles. The summed E-state index contributed by atoms with van der Waals surface area (Å²) in [6.07, 6.45) is 0.353. The highest BCUT2D eigenvalue weighted by Gasteiger charge is 2.06. The second-order valence-corrected chi connectivity index (χ2v) is 3.21. The number of hydrogen-bond donors (Lipinski definition) is 2. The second kappa shape index (κ2) is 3.99. The lowest BCUT2D eigenvalue weighted by Crippen LogP contribution is -1.91. The molecule has 0 bridgehead atoms. The molecule has 0 fully saturated rings. The minimum absolute atomic E-state index is 0.00452. The van der Waals surface area contributed by atoms with Crippen LogP contribution in [0.25, 0.3) is 0 Å². The lowest BCUT2D eigenvalue weighted by molar-refractivity contribution is 0.297. The summed E-state index contributed by atoms with van der Waals surface area (Å²) in [5, 5.41) is 18.7. The number of rotatable bonds is 2. The molecule has 0 aliphatic rings. The monoisotopic (exact) mass is 206 g/mol. The van der Waals surface area contributed by atoms with Crippen molar-refractivity contribution >= 4 is 23.2 Å². The third-order valence-electron chi connectivity index (χ3n) is 1.49.